The van der Waals surface area contributed by atoms with E-state index in [4.69, 9.17) is 9.47 Å². The summed E-state index contributed by atoms with van der Waals surface area (Å²) in [5.74, 6) is 0.777. The standard InChI is InChI=1S/C16H28O7/c1-15(2)8-3-4-16(21,10(15)5-8)7-22-14-13(20)12(19)11(18)9(6-17)23-14/h8-14,17-21H,3-7H2,1-2H3/t8-,9+,10+,11+,12-,13+,14+,16+/m0/s1. The highest BCUT2D eigenvalue weighted by molar-refractivity contribution is 5.10. The normalized spacial score (nSPS) is 52.0. The summed E-state index contributed by atoms with van der Waals surface area (Å²) in [4.78, 5) is 0. The molecule has 0 amide bonds. The van der Waals surface area contributed by atoms with Crippen molar-refractivity contribution in [1.29, 1.82) is 0 Å². The average molecular weight is 332 g/mol. The molecule has 4 rings (SSSR count). The van der Waals surface area contributed by atoms with E-state index < -0.39 is 42.9 Å². The molecule has 3 saturated carbocycles. The third-order valence-corrected chi connectivity index (χ3v) is 6.39. The van der Waals surface area contributed by atoms with Crippen LogP contribution in [-0.4, -0.2) is 75.1 Å². The lowest BCUT2D eigenvalue weighted by molar-refractivity contribution is -0.319. The molecule has 3 aliphatic carbocycles. The molecule has 1 aliphatic heterocycles. The molecule has 1 heterocycles. The van der Waals surface area contributed by atoms with Gasteiger partial charge in [0.2, 0.25) is 0 Å². The zero-order chi connectivity index (χ0) is 17.0. The first kappa shape index (κ1) is 17.5. The lowest BCUT2D eigenvalue weighted by Crippen LogP contribution is -2.64. The fourth-order valence-electron chi connectivity index (χ4n) is 4.62. The van der Waals surface area contributed by atoms with Crippen LogP contribution in [0.15, 0.2) is 0 Å². The lowest BCUT2D eigenvalue weighted by atomic mass is 9.44. The minimum absolute atomic E-state index is 0.00347. The monoisotopic (exact) mass is 332 g/mol. The van der Waals surface area contributed by atoms with Crippen molar-refractivity contribution in [2.75, 3.05) is 13.2 Å². The molecular formula is C16H28O7. The number of fused-ring (bicyclic) bond motifs is 2. The number of aliphatic hydroxyl groups excluding tert-OH is 4. The van der Waals surface area contributed by atoms with Crippen molar-refractivity contribution in [1.82, 2.24) is 0 Å². The number of ether oxygens (including phenoxy) is 2. The molecule has 0 aromatic carbocycles. The van der Waals surface area contributed by atoms with Gasteiger partial charge in [0.1, 0.15) is 24.4 Å². The molecule has 0 aromatic rings. The van der Waals surface area contributed by atoms with Crippen LogP contribution in [-0.2, 0) is 9.47 Å². The number of rotatable bonds is 4. The van der Waals surface area contributed by atoms with E-state index in [0.29, 0.717) is 12.3 Å². The highest BCUT2D eigenvalue weighted by atomic mass is 16.7. The Hall–Kier alpha value is -0.280. The zero-order valence-corrected chi connectivity index (χ0v) is 13.6. The van der Waals surface area contributed by atoms with E-state index in [1.807, 2.05) is 0 Å². The van der Waals surface area contributed by atoms with Crippen LogP contribution >= 0.6 is 0 Å². The first-order valence-electron chi connectivity index (χ1n) is 8.35. The number of hydrogen-bond acceptors (Lipinski definition) is 7. The lowest BCUT2D eigenvalue weighted by Gasteiger charge is -2.63. The van der Waals surface area contributed by atoms with Gasteiger partial charge in [-0.2, -0.15) is 0 Å². The van der Waals surface area contributed by atoms with Gasteiger partial charge in [0.25, 0.3) is 0 Å². The summed E-state index contributed by atoms with van der Waals surface area (Å²) < 4.78 is 10.9. The van der Waals surface area contributed by atoms with Gasteiger partial charge in [-0.25, -0.2) is 0 Å². The van der Waals surface area contributed by atoms with Crippen LogP contribution in [0.4, 0.5) is 0 Å². The summed E-state index contributed by atoms with van der Waals surface area (Å²) in [6.45, 7) is 3.82. The van der Waals surface area contributed by atoms with Crippen molar-refractivity contribution < 1.29 is 35.0 Å². The molecule has 23 heavy (non-hydrogen) atoms. The molecule has 4 fully saturated rings. The molecule has 8 atom stereocenters. The van der Waals surface area contributed by atoms with E-state index >= 15 is 0 Å². The average Bonchev–Trinajstić information content (AvgIpc) is 2.51. The Labute approximate surface area is 135 Å². The van der Waals surface area contributed by atoms with Crippen LogP contribution < -0.4 is 0 Å². The first-order valence-corrected chi connectivity index (χ1v) is 8.35. The molecular weight excluding hydrogens is 304 g/mol. The van der Waals surface area contributed by atoms with Crippen LogP contribution in [0.3, 0.4) is 0 Å². The number of hydrogen-bond donors (Lipinski definition) is 5. The van der Waals surface area contributed by atoms with E-state index in [1.54, 1.807) is 0 Å². The highest BCUT2D eigenvalue weighted by Gasteiger charge is 2.61. The number of aliphatic hydroxyl groups is 5. The Kier molecular flexibility index (Phi) is 4.51. The molecule has 4 aliphatic rings. The van der Waals surface area contributed by atoms with Gasteiger partial charge in [-0.3, -0.25) is 0 Å². The van der Waals surface area contributed by atoms with Crippen LogP contribution in [0, 0.1) is 17.3 Å². The minimum Gasteiger partial charge on any atom is -0.394 e. The third-order valence-electron chi connectivity index (χ3n) is 6.39. The maximum absolute atomic E-state index is 10.9. The zero-order valence-electron chi connectivity index (χ0n) is 13.6. The van der Waals surface area contributed by atoms with Crippen molar-refractivity contribution in [3.05, 3.63) is 0 Å². The summed E-state index contributed by atoms with van der Waals surface area (Å²) >= 11 is 0. The third kappa shape index (κ3) is 2.72. The van der Waals surface area contributed by atoms with Gasteiger partial charge in [0.15, 0.2) is 6.29 Å². The van der Waals surface area contributed by atoms with Gasteiger partial charge >= 0.3 is 0 Å². The van der Waals surface area contributed by atoms with E-state index in [-0.39, 0.29) is 17.9 Å². The maximum Gasteiger partial charge on any atom is 0.186 e. The molecule has 0 aromatic heterocycles. The van der Waals surface area contributed by atoms with Crippen molar-refractivity contribution in [2.24, 2.45) is 17.3 Å². The first-order chi connectivity index (χ1) is 10.7. The van der Waals surface area contributed by atoms with E-state index in [2.05, 4.69) is 13.8 Å². The SMILES string of the molecule is CC1(C)[C@H]2CC[C@@](O)(CO[C@@H]3O[C@H](CO)[C@@H](O)[C@H](O)[C@H]3O)[C@@H]1C2. The molecule has 0 spiro atoms. The van der Waals surface area contributed by atoms with E-state index in [0.717, 1.165) is 12.8 Å². The van der Waals surface area contributed by atoms with Gasteiger partial charge in [0.05, 0.1) is 18.8 Å². The van der Waals surface area contributed by atoms with Crippen molar-refractivity contribution in [3.63, 3.8) is 0 Å². The fraction of sp³-hybridized carbons (Fsp3) is 1.00. The summed E-state index contributed by atoms with van der Waals surface area (Å²) in [5.41, 5.74) is -0.900. The van der Waals surface area contributed by atoms with E-state index in [9.17, 15) is 25.5 Å². The molecule has 0 radical (unpaired) electrons. The predicted octanol–water partition coefficient (Wildman–Crippen LogP) is -1.01. The fourth-order valence-corrected chi connectivity index (χ4v) is 4.62. The van der Waals surface area contributed by atoms with E-state index in [1.165, 1.54) is 0 Å². The Morgan fingerprint density at radius 3 is 2.39 bits per heavy atom. The van der Waals surface area contributed by atoms with Gasteiger partial charge in [-0.1, -0.05) is 13.8 Å². The molecule has 2 bridgehead atoms. The van der Waals surface area contributed by atoms with Crippen LogP contribution in [0.25, 0.3) is 0 Å². The molecule has 5 N–H and O–H groups in total. The Balaban J connectivity index is 1.63. The minimum atomic E-state index is -1.46. The molecule has 134 valence electrons. The summed E-state index contributed by atoms with van der Waals surface area (Å²) in [6, 6.07) is 0. The smallest absolute Gasteiger partial charge is 0.186 e. The van der Waals surface area contributed by atoms with Gasteiger partial charge in [-0.05, 0) is 36.5 Å². The maximum atomic E-state index is 10.9. The molecule has 7 heteroatoms. The van der Waals surface area contributed by atoms with Gasteiger partial charge < -0.3 is 35.0 Å². The highest BCUT2D eigenvalue weighted by Crippen LogP contribution is 2.62. The molecule has 7 nitrogen and oxygen atoms in total. The Morgan fingerprint density at radius 2 is 1.83 bits per heavy atom. The second kappa shape index (κ2) is 5.91. The van der Waals surface area contributed by atoms with Crippen molar-refractivity contribution >= 4 is 0 Å². The Bertz CT molecular complexity index is 438. The van der Waals surface area contributed by atoms with Crippen molar-refractivity contribution in [3.8, 4) is 0 Å². The summed E-state index contributed by atoms with van der Waals surface area (Å²) in [6.07, 6.45) is -3.92. The second-order valence-electron chi connectivity index (χ2n) is 7.96. The summed E-state index contributed by atoms with van der Waals surface area (Å²) in [7, 11) is 0. The topological polar surface area (TPSA) is 120 Å². The van der Waals surface area contributed by atoms with Crippen LogP contribution in [0.1, 0.15) is 33.1 Å². The van der Waals surface area contributed by atoms with Crippen LogP contribution in [0.2, 0.25) is 0 Å². The quantitative estimate of drug-likeness (QED) is 0.447. The van der Waals surface area contributed by atoms with Crippen LogP contribution in [0.5, 0.6) is 0 Å². The molecule has 1 saturated heterocycles. The predicted molar refractivity (Wildman–Crippen MR) is 79.3 cm³/mol. The second-order valence-corrected chi connectivity index (χ2v) is 7.96. The summed E-state index contributed by atoms with van der Waals surface area (Å²) in [5, 5.41) is 49.7. The van der Waals surface area contributed by atoms with Gasteiger partial charge in [0, 0.05) is 0 Å². The van der Waals surface area contributed by atoms with Gasteiger partial charge in [-0.15, -0.1) is 0 Å². The van der Waals surface area contributed by atoms with Crippen molar-refractivity contribution in [2.45, 2.75) is 69.4 Å². The molecule has 0 unspecified atom stereocenters. The largest absolute Gasteiger partial charge is 0.394 e. The Morgan fingerprint density at radius 1 is 1.13 bits per heavy atom.